The zero-order chi connectivity index (χ0) is 25.2. The fraction of sp³-hybridized carbons (Fsp3) is 0.760. The number of hydrogen-bond donors (Lipinski definition) is 0. The lowest BCUT2D eigenvalue weighted by molar-refractivity contribution is -0.385. The quantitative estimate of drug-likeness (QED) is 0.0777. The van der Waals surface area contributed by atoms with Crippen LogP contribution >= 0.6 is 0 Å². The highest BCUT2D eigenvalue weighted by Crippen LogP contribution is 2.35. The number of rotatable bonds is 21. The molecule has 0 heterocycles. The third kappa shape index (κ3) is 12.6. The maximum absolute atomic E-state index is 12.2. The Morgan fingerprint density at radius 3 is 1.65 bits per heavy atom. The molecular weight excluding hydrogens is 458 g/mol. The van der Waals surface area contributed by atoms with Crippen molar-refractivity contribution in [3.63, 3.8) is 0 Å². The topological polar surface area (TPSA) is 105 Å². The van der Waals surface area contributed by atoms with Crippen LogP contribution in [0.3, 0.4) is 0 Å². The van der Waals surface area contributed by atoms with Gasteiger partial charge in [-0.15, -0.1) is 0 Å². The molecule has 0 aromatic heterocycles. The summed E-state index contributed by atoms with van der Waals surface area (Å²) in [5, 5.41) is 11.3. The molecule has 0 aliphatic carbocycles. The number of unbranched alkanes of at least 4 members (excludes halogenated alkanes) is 13. The molecule has 8 nitrogen and oxygen atoms in total. The van der Waals surface area contributed by atoms with Crippen LogP contribution in [0.1, 0.15) is 102 Å². The lowest BCUT2D eigenvalue weighted by Gasteiger charge is -2.11. The van der Waals surface area contributed by atoms with E-state index in [0.29, 0.717) is 6.42 Å². The first kappa shape index (κ1) is 30.2. The summed E-state index contributed by atoms with van der Waals surface area (Å²) < 4.78 is 39.8. The Labute approximate surface area is 205 Å². The molecular formula is C25H43NO7S. The Morgan fingerprint density at radius 2 is 1.21 bits per heavy atom. The second-order valence-electron chi connectivity index (χ2n) is 8.71. The predicted octanol–water partition coefficient (Wildman–Crippen LogP) is 6.94. The van der Waals surface area contributed by atoms with E-state index in [1.165, 1.54) is 90.6 Å². The minimum Gasteiger partial charge on any atom is -0.493 e. The maximum atomic E-state index is 12.2. The molecule has 34 heavy (non-hydrogen) atoms. The molecule has 0 bridgehead atoms. The van der Waals surface area contributed by atoms with Crippen LogP contribution in [0, 0.1) is 10.1 Å². The highest BCUT2D eigenvalue weighted by Gasteiger charge is 2.22. The van der Waals surface area contributed by atoms with E-state index in [1.54, 1.807) is 0 Å². The van der Waals surface area contributed by atoms with Gasteiger partial charge in [0.1, 0.15) is 0 Å². The number of nitro groups is 1. The number of methoxy groups -OCH3 is 2. The number of nitro benzene ring substituents is 1. The summed E-state index contributed by atoms with van der Waals surface area (Å²) in [5.74, 6) is 0.380. The molecule has 0 aliphatic heterocycles. The van der Waals surface area contributed by atoms with Gasteiger partial charge in [-0.2, -0.15) is 8.42 Å². The van der Waals surface area contributed by atoms with Gasteiger partial charge in [0.25, 0.3) is 15.8 Å². The Hall–Kier alpha value is -1.87. The standard InChI is InChI=1S/C25H43NO7S/c1-4-5-6-7-8-9-10-11-12-13-14-15-16-17-18-34(29,30)33-21-22-19-24(31-2)25(32-3)20-23(22)26(27)28/h19-20H,4-18,21H2,1-3H3. The van der Waals surface area contributed by atoms with E-state index in [2.05, 4.69) is 6.92 Å². The smallest absolute Gasteiger partial charge is 0.278 e. The van der Waals surface area contributed by atoms with Crippen molar-refractivity contribution in [1.82, 2.24) is 0 Å². The molecule has 0 amide bonds. The maximum Gasteiger partial charge on any atom is 0.278 e. The Kier molecular flexibility index (Phi) is 15.6. The van der Waals surface area contributed by atoms with E-state index in [-0.39, 0.29) is 28.5 Å². The molecule has 0 atom stereocenters. The monoisotopic (exact) mass is 501 g/mol. The second kappa shape index (κ2) is 17.5. The zero-order valence-electron chi connectivity index (χ0n) is 21.2. The molecule has 9 heteroatoms. The van der Waals surface area contributed by atoms with Crippen molar-refractivity contribution in [2.45, 2.75) is 103 Å². The molecule has 1 rings (SSSR count). The van der Waals surface area contributed by atoms with Crippen LogP contribution in [0.15, 0.2) is 12.1 Å². The molecule has 0 N–H and O–H groups in total. The van der Waals surface area contributed by atoms with Gasteiger partial charge in [-0.05, 0) is 12.5 Å². The van der Waals surface area contributed by atoms with Gasteiger partial charge in [0.15, 0.2) is 11.5 Å². The first-order valence-electron chi connectivity index (χ1n) is 12.6. The van der Waals surface area contributed by atoms with E-state index in [9.17, 15) is 18.5 Å². The largest absolute Gasteiger partial charge is 0.493 e. The third-order valence-electron chi connectivity index (χ3n) is 5.92. The first-order chi connectivity index (χ1) is 16.3. The number of hydrogen-bond acceptors (Lipinski definition) is 7. The van der Waals surface area contributed by atoms with Crippen LogP contribution in [0.4, 0.5) is 5.69 Å². The molecule has 0 unspecified atom stereocenters. The summed E-state index contributed by atoms with van der Waals surface area (Å²) in [6, 6.07) is 2.58. The van der Waals surface area contributed by atoms with Gasteiger partial charge in [-0.25, -0.2) is 0 Å². The molecule has 0 aliphatic rings. The van der Waals surface area contributed by atoms with Crippen molar-refractivity contribution < 1.29 is 27.0 Å². The summed E-state index contributed by atoms with van der Waals surface area (Å²) in [6.07, 6.45) is 16.6. The van der Waals surface area contributed by atoms with Gasteiger partial charge in [-0.1, -0.05) is 90.4 Å². The van der Waals surface area contributed by atoms with Crippen LogP contribution in [0.25, 0.3) is 0 Å². The average Bonchev–Trinajstić information content (AvgIpc) is 2.82. The van der Waals surface area contributed by atoms with E-state index in [4.69, 9.17) is 13.7 Å². The fourth-order valence-corrected chi connectivity index (χ4v) is 4.86. The summed E-state index contributed by atoms with van der Waals surface area (Å²) in [5.41, 5.74) is -0.156. The van der Waals surface area contributed by atoms with Crippen molar-refractivity contribution in [2.24, 2.45) is 0 Å². The van der Waals surface area contributed by atoms with Crippen molar-refractivity contribution >= 4 is 15.8 Å². The summed E-state index contributed by atoms with van der Waals surface area (Å²) in [7, 11) is -0.991. The lowest BCUT2D eigenvalue weighted by Crippen LogP contribution is -2.11. The molecule has 0 saturated carbocycles. The van der Waals surface area contributed by atoms with Crippen LogP contribution < -0.4 is 9.47 Å². The molecule has 1 aromatic rings. The lowest BCUT2D eigenvalue weighted by atomic mass is 10.0. The fourth-order valence-electron chi connectivity index (χ4n) is 3.88. The van der Waals surface area contributed by atoms with Crippen LogP contribution in [0.2, 0.25) is 0 Å². The number of nitrogens with zero attached hydrogens (tertiary/aromatic N) is 1. The highest BCUT2D eigenvalue weighted by atomic mass is 32.2. The first-order valence-corrected chi connectivity index (χ1v) is 14.2. The van der Waals surface area contributed by atoms with Crippen molar-refractivity contribution in [1.29, 1.82) is 0 Å². The highest BCUT2D eigenvalue weighted by molar-refractivity contribution is 7.86. The van der Waals surface area contributed by atoms with Gasteiger partial charge < -0.3 is 9.47 Å². The summed E-state index contributed by atoms with van der Waals surface area (Å²) in [6.45, 7) is 1.82. The van der Waals surface area contributed by atoms with Gasteiger partial charge in [-0.3, -0.25) is 14.3 Å². The van der Waals surface area contributed by atoms with E-state index in [0.717, 1.165) is 19.3 Å². The SMILES string of the molecule is CCCCCCCCCCCCCCCCS(=O)(=O)OCc1cc(OC)c(OC)cc1[N+](=O)[O-]. The Bertz CT molecular complexity index is 812. The van der Waals surface area contributed by atoms with Gasteiger partial charge >= 0.3 is 0 Å². The van der Waals surface area contributed by atoms with Gasteiger partial charge in [0, 0.05) is 0 Å². The molecule has 196 valence electrons. The van der Waals surface area contributed by atoms with Crippen LogP contribution in [-0.4, -0.2) is 33.3 Å². The normalized spacial score (nSPS) is 11.5. The van der Waals surface area contributed by atoms with Gasteiger partial charge in [0.2, 0.25) is 0 Å². The summed E-state index contributed by atoms with van der Waals surface area (Å²) >= 11 is 0. The molecule has 0 saturated heterocycles. The minimum atomic E-state index is -3.77. The van der Waals surface area contributed by atoms with E-state index < -0.39 is 21.6 Å². The van der Waals surface area contributed by atoms with Crippen molar-refractivity contribution in [3.05, 3.63) is 27.8 Å². The molecule has 1 aromatic carbocycles. The van der Waals surface area contributed by atoms with Crippen LogP contribution in [0.5, 0.6) is 11.5 Å². The molecule has 0 radical (unpaired) electrons. The predicted molar refractivity (Wildman–Crippen MR) is 135 cm³/mol. The van der Waals surface area contributed by atoms with Gasteiger partial charge in [0.05, 0.1) is 43.1 Å². The zero-order valence-corrected chi connectivity index (χ0v) is 22.0. The Morgan fingerprint density at radius 1 is 0.765 bits per heavy atom. The Balaban J connectivity index is 2.24. The number of ether oxygens (including phenoxy) is 2. The average molecular weight is 502 g/mol. The van der Waals surface area contributed by atoms with E-state index >= 15 is 0 Å². The van der Waals surface area contributed by atoms with Crippen molar-refractivity contribution in [3.8, 4) is 11.5 Å². The van der Waals surface area contributed by atoms with Crippen LogP contribution in [-0.2, 0) is 20.9 Å². The van der Waals surface area contributed by atoms with Crippen molar-refractivity contribution in [2.75, 3.05) is 20.0 Å². The number of benzene rings is 1. The minimum absolute atomic E-state index is 0.0912. The molecule has 0 spiro atoms. The second-order valence-corrected chi connectivity index (χ2v) is 10.5. The van der Waals surface area contributed by atoms with E-state index in [1.807, 2.05) is 0 Å². The third-order valence-corrected chi connectivity index (χ3v) is 7.19. The molecule has 0 fully saturated rings. The summed E-state index contributed by atoms with van der Waals surface area (Å²) in [4.78, 5) is 10.7.